The number of rotatable bonds is 9. The lowest BCUT2D eigenvalue weighted by Crippen LogP contribution is -2.42. The van der Waals surface area contributed by atoms with Crippen molar-refractivity contribution < 1.29 is 14.7 Å². The van der Waals surface area contributed by atoms with E-state index >= 15 is 0 Å². The van der Waals surface area contributed by atoms with Crippen LogP contribution in [0.25, 0.3) is 0 Å². The highest BCUT2D eigenvalue weighted by Crippen LogP contribution is 2.04. The summed E-state index contributed by atoms with van der Waals surface area (Å²) in [4.78, 5) is 25.9. The van der Waals surface area contributed by atoms with Crippen LogP contribution >= 0.6 is 0 Å². The number of hydrogen-bond acceptors (Lipinski definition) is 2. The molecule has 5 heteroatoms. The summed E-state index contributed by atoms with van der Waals surface area (Å²) in [6, 6.07) is -0.0573. The van der Waals surface area contributed by atoms with Crippen LogP contribution in [0.2, 0.25) is 0 Å². The maximum absolute atomic E-state index is 12.1. The van der Waals surface area contributed by atoms with E-state index in [4.69, 9.17) is 5.11 Å². The highest BCUT2D eigenvalue weighted by Gasteiger charge is 2.17. The van der Waals surface area contributed by atoms with Crippen LogP contribution in [-0.2, 0) is 4.79 Å². The minimum atomic E-state index is -0.872. The van der Waals surface area contributed by atoms with Crippen molar-refractivity contribution in [3.63, 3.8) is 0 Å². The van der Waals surface area contributed by atoms with Crippen LogP contribution in [0.5, 0.6) is 0 Å². The maximum atomic E-state index is 12.1. The molecule has 1 N–H and O–H groups in total. The van der Waals surface area contributed by atoms with Crippen molar-refractivity contribution in [1.29, 1.82) is 0 Å². The van der Waals surface area contributed by atoms with Gasteiger partial charge in [-0.2, -0.15) is 0 Å². The second-order valence-electron chi connectivity index (χ2n) is 4.54. The minimum Gasteiger partial charge on any atom is -0.481 e. The van der Waals surface area contributed by atoms with Gasteiger partial charge in [0.15, 0.2) is 0 Å². The molecule has 0 unspecified atom stereocenters. The van der Waals surface area contributed by atoms with Crippen LogP contribution in [0.1, 0.15) is 46.0 Å². The molecule has 0 aromatic heterocycles. The van der Waals surface area contributed by atoms with E-state index < -0.39 is 5.97 Å². The quantitative estimate of drug-likeness (QED) is 0.691. The Morgan fingerprint density at radius 2 is 1.50 bits per heavy atom. The van der Waals surface area contributed by atoms with Crippen molar-refractivity contribution >= 4 is 12.0 Å². The van der Waals surface area contributed by atoms with Crippen LogP contribution in [0, 0.1) is 0 Å². The maximum Gasteiger partial charge on any atom is 0.319 e. The first-order chi connectivity index (χ1) is 8.52. The van der Waals surface area contributed by atoms with Gasteiger partial charge in [0.05, 0.1) is 6.42 Å². The zero-order chi connectivity index (χ0) is 14.0. The molecule has 0 saturated heterocycles. The molecule has 5 nitrogen and oxygen atoms in total. The Hall–Kier alpha value is -1.26. The molecule has 0 atom stereocenters. The first kappa shape index (κ1) is 16.7. The second-order valence-corrected chi connectivity index (χ2v) is 4.54. The van der Waals surface area contributed by atoms with Crippen molar-refractivity contribution in [1.82, 2.24) is 9.80 Å². The van der Waals surface area contributed by atoms with Gasteiger partial charge in [0.1, 0.15) is 0 Å². The predicted molar refractivity (Wildman–Crippen MR) is 71.7 cm³/mol. The lowest BCUT2D eigenvalue weighted by Gasteiger charge is -2.28. The third-order valence-corrected chi connectivity index (χ3v) is 2.82. The van der Waals surface area contributed by atoms with E-state index in [1.165, 1.54) is 4.90 Å². The first-order valence-electron chi connectivity index (χ1n) is 6.74. The Bertz CT molecular complexity index is 249. The molecular formula is C13H26N2O3. The third kappa shape index (κ3) is 7.14. The molecule has 0 bridgehead atoms. The Morgan fingerprint density at radius 1 is 1.00 bits per heavy atom. The molecule has 0 rings (SSSR count). The normalized spacial score (nSPS) is 10.2. The Labute approximate surface area is 110 Å². The number of amides is 2. The average molecular weight is 258 g/mol. The lowest BCUT2D eigenvalue weighted by atomic mass is 10.2. The molecule has 0 radical (unpaired) electrons. The Kier molecular flexibility index (Phi) is 9.06. The van der Waals surface area contributed by atoms with Crippen LogP contribution in [0.4, 0.5) is 4.79 Å². The van der Waals surface area contributed by atoms with Gasteiger partial charge in [0, 0.05) is 26.7 Å². The van der Waals surface area contributed by atoms with E-state index in [1.54, 1.807) is 7.05 Å². The van der Waals surface area contributed by atoms with E-state index in [1.807, 2.05) is 4.90 Å². The van der Waals surface area contributed by atoms with E-state index in [9.17, 15) is 9.59 Å². The molecule has 0 saturated carbocycles. The third-order valence-electron chi connectivity index (χ3n) is 2.82. The van der Waals surface area contributed by atoms with Crippen molar-refractivity contribution in [2.75, 3.05) is 26.7 Å². The van der Waals surface area contributed by atoms with E-state index in [0.29, 0.717) is 0 Å². The molecule has 2 amide bonds. The van der Waals surface area contributed by atoms with Gasteiger partial charge in [0.2, 0.25) is 0 Å². The number of unbranched alkanes of at least 4 members (excludes halogenated alkanes) is 2. The van der Waals surface area contributed by atoms with E-state index in [0.717, 1.165) is 38.8 Å². The molecule has 0 aromatic rings. The molecule has 18 heavy (non-hydrogen) atoms. The number of hydrogen-bond donors (Lipinski definition) is 1. The number of carbonyl (C=O) groups excluding carboxylic acids is 1. The zero-order valence-corrected chi connectivity index (χ0v) is 11.8. The number of carbonyl (C=O) groups is 2. The van der Waals surface area contributed by atoms with Crippen LogP contribution in [0.15, 0.2) is 0 Å². The summed E-state index contributed by atoms with van der Waals surface area (Å²) in [5.41, 5.74) is 0. The van der Waals surface area contributed by atoms with Gasteiger partial charge in [-0.3, -0.25) is 4.79 Å². The smallest absolute Gasteiger partial charge is 0.319 e. The lowest BCUT2D eigenvalue weighted by molar-refractivity contribution is -0.137. The number of carboxylic acid groups (broad SMARTS) is 1. The van der Waals surface area contributed by atoms with Crippen molar-refractivity contribution in [3.05, 3.63) is 0 Å². The van der Waals surface area contributed by atoms with E-state index in [2.05, 4.69) is 13.8 Å². The monoisotopic (exact) mass is 258 g/mol. The molecular weight excluding hydrogens is 232 g/mol. The summed E-state index contributed by atoms with van der Waals surface area (Å²) in [5.74, 6) is -0.872. The van der Waals surface area contributed by atoms with Crippen LogP contribution in [-0.4, -0.2) is 53.6 Å². The molecule has 0 aromatic carbocycles. The predicted octanol–water partition coefficient (Wildman–Crippen LogP) is 2.42. The average Bonchev–Trinajstić information content (AvgIpc) is 2.35. The SMILES string of the molecule is CCCCN(CCCC)C(=O)N(C)CCC(=O)O. The summed E-state index contributed by atoms with van der Waals surface area (Å²) in [6.45, 7) is 5.97. The number of nitrogens with zero attached hydrogens (tertiary/aromatic N) is 2. The topological polar surface area (TPSA) is 60.9 Å². The van der Waals surface area contributed by atoms with Gasteiger partial charge >= 0.3 is 12.0 Å². The number of aliphatic carboxylic acids is 1. The molecule has 0 heterocycles. The van der Waals surface area contributed by atoms with Gasteiger partial charge in [-0.05, 0) is 12.8 Å². The van der Waals surface area contributed by atoms with Crippen molar-refractivity contribution in [3.8, 4) is 0 Å². The van der Waals surface area contributed by atoms with Gasteiger partial charge in [-0.25, -0.2) is 4.79 Å². The highest BCUT2D eigenvalue weighted by molar-refractivity contribution is 5.75. The fourth-order valence-electron chi connectivity index (χ4n) is 1.60. The molecule has 0 spiro atoms. The summed E-state index contributed by atoms with van der Waals surface area (Å²) in [7, 11) is 1.66. The summed E-state index contributed by atoms with van der Waals surface area (Å²) < 4.78 is 0. The van der Waals surface area contributed by atoms with Crippen LogP contribution in [0.3, 0.4) is 0 Å². The first-order valence-corrected chi connectivity index (χ1v) is 6.74. The minimum absolute atomic E-state index is 0.00235. The Morgan fingerprint density at radius 3 is 1.89 bits per heavy atom. The van der Waals surface area contributed by atoms with Gasteiger partial charge in [-0.1, -0.05) is 26.7 Å². The summed E-state index contributed by atoms with van der Waals surface area (Å²) >= 11 is 0. The van der Waals surface area contributed by atoms with E-state index in [-0.39, 0.29) is 19.0 Å². The van der Waals surface area contributed by atoms with Gasteiger partial charge in [0.25, 0.3) is 0 Å². The zero-order valence-electron chi connectivity index (χ0n) is 11.8. The fourth-order valence-corrected chi connectivity index (χ4v) is 1.60. The van der Waals surface area contributed by atoms with Crippen LogP contribution < -0.4 is 0 Å². The van der Waals surface area contributed by atoms with Gasteiger partial charge < -0.3 is 14.9 Å². The molecule has 106 valence electrons. The largest absolute Gasteiger partial charge is 0.481 e. The number of urea groups is 1. The molecule has 0 fully saturated rings. The molecule has 0 aliphatic rings. The Balaban J connectivity index is 4.27. The standard InChI is InChI=1S/C13H26N2O3/c1-4-6-9-15(10-7-5-2)13(18)14(3)11-8-12(16)17/h4-11H2,1-3H3,(H,16,17). The summed E-state index contributed by atoms with van der Waals surface area (Å²) in [6.07, 6.45) is 4.07. The number of carboxylic acids is 1. The van der Waals surface area contributed by atoms with Gasteiger partial charge in [-0.15, -0.1) is 0 Å². The summed E-state index contributed by atoms with van der Waals surface area (Å²) in [5, 5.41) is 8.61. The van der Waals surface area contributed by atoms with Crippen molar-refractivity contribution in [2.24, 2.45) is 0 Å². The molecule has 0 aliphatic carbocycles. The van der Waals surface area contributed by atoms with Crippen molar-refractivity contribution in [2.45, 2.75) is 46.0 Å². The fraction of sp³-hybridized carbons (Fsp3) is 0.846. The highest BCUT2D eigenvalue weighted by atomic mass is 16.4. The molecule has 0 aliphatic heterocycles. The second kappa shape index (κ2) is 9.74.